The van der Waals surface area contributed by atoms with Crippen LogP contribution < -0.4 is 0 Å². The number of thioether (sulfide) groups is 1. The Morgan fingerprint density at radius 1 is 1.05 bits per heavy atom. The van der Waals surface area contributed by atoms with Crippen molar-refractivity contribution in [3.8, 4) is 0 Å². The van der Waals surface area contributed by atoms with E-state index < -0.39 is 0 Å². The number of benzene rings is 2. The first kappa shape index (κ1) is 13.1. The summed E-state index contributed by atoms with van der Waals surface area (Å²) in [4.78, 5) is 1.45. The average Bonchev–Trinajstić information content (AvgIpc) is 2.88. The summed E-state index contributed by atoms with van der Waals surface area (Å²) >= 11 is 8.20. The van der Waals surface area contributed by atoms with Gasteiger partial charge in [-0.2, -0.15) is 0 Å². The van der Waals surface area contributed by atoms with E-state index in [0.29, 0.717) is 17.0 Å². The summed E-state index contributed by atoms with van der Waals surface area (Å²) in [5.74, 6) is 1.17. The zero-order chi connectivity index (χ0) is 13.1. The lowest BCUT2D eigenvalue weighted by Gasteiger charge is -2.18. The topological polar surface area (TPSA) is 0 Å². The summed E-state index contributed by atoms with van der Waals surface area (Å²) in [5, 5.41) is 0.668. The third-order valence-corrected chi connectivity index (χ3v) is 5.44. The van der Waals surface area contributed by atoms with E-state index >= 15 is 0 Å². The van der Waals surface area contributed by atoms with Gasteiger partial charge >= 0.3 is 0 Å². The first-order chi connectivity index (χ1) is 9.36. The second-order valence-corrected chi connectivity index (χ2v) is 6.70. The number of halogens is 1. The molecule has 0 fully saturated rings. The van der Waals surface area contributed by atoms with E-state index in [-0.39, 0.29) is 0 Å². The van der Waals surface area contributed by atoms with Gasteiger partial charge < -0.3 is 0 Å². The Morgan fingerprint density at radius 3 is 2.53 bits per heavy atom. The van der Waals surface area contributed by atoms with Gasteiger partial charge in [0.05, 0.1) is 0 Å². The molecule has 0 saturated heterocycles. The molecular formula is C17H17ClS. The molecule has 0 saturated carbocycles. The van der Waals surface area contributed by atoms with Crippen molar-refractivity contribution in [2.75, 3.05) is 5.88 Å². The van der Waals surface area contributed by atoms with Crippen molar-refractivity contribution >= 4 is 23.4 Å². The fourth-order valence-electron chi connectivity index (χ4n) is 2.72. The van der Waals surface area contributed by atoms with Crippen LogP contribution in [-0.2, 0) is 6.42 Å². The number of rotatable bonds is 4. The number of alkyl halides is 1. The lowest BCUT2D eigenvalue weighted by Crippen LogP contribution is -2.10. The van der Waals surface area contributed by atoms with Crippen LogP contribution in [0.25, 0.3) is 0 Å². The molecule has 3 rings (SSSR count). The Balaban J connectivity index is 1.69. The van der Waals surface area contributed by atoms with Crippen LogP contribution >= 0.6 is 23.4 Å². The number of fused-ring (bicyclic) bond motifs is 1. The maximum absolute atomic E-state index is 6.18. The zero-order valence-electron chi connectivity index (χ0n) is 10.8. The van der Waals surface area contributed by atoms with E-state index in [4.69, 9.17) is 11.6 Å². The fraction of sp³-hybridized carbons (Fsp3) is 0.294. The van der Waals surface area contributed by atoms with Gasteiger partial charge in [-0.1, -0.05) is 48.5 Å². The summed E-state index contributed by atoms with van der Waals surface area (Å²) in [6, 6.07) is 19.4. The van der Waals surface area contributed by atoms with E-state index in [0.717, 1.165) is 6.42 Å². The molecule has 0 N–H and O–H groups in total. The molecule has 0 bridgehead atoms. The van der Waals surface area contributed by atoms with Crippen LogP contribution in [0.15, 0.2) is 59.5 Å². The maximum Gasteiger partial charge on any atom is 0.0292 e. The second kappa shape index (κ2) is 6.02. The Hall–Kier alpha value is -0.920. The molecule has 0 aliphatic carbocycles. The smallest absolute Gasteiger partial charge is 0.0292 e. The van der Waals surface area contributed by atoms with Crippen molar-refractivity contribution in [1.82, 2.24) is 0 Å². The molecule has 0 aromatic heterocycles. The minimum absolute atomic E-state index is 0.467. The largest absolute Gasteiger partial charge is 0.126 e. The molecule has 0 amide bonds. The van der Waals surface area contributed by atoms with Crippen molar-refractivity contribution in [1.29, 1.82) is 0 Å². The first-order valence-corrected chi connectivity index (χ1v) is 8.13. The third kappa shape index (κ3) is 2.98. The van der Waals surface area contributed by atoms with Crippen molar-refractivity contribution in [2.45, 2.75) is 28.9 Å². The molecular weight excluding hydrogens is 272 g/mol. The molecule has 2 aromatic carbocycles. The number of hydrogen-bond acceptors (Lipinski definition) is 1. The van der Waals surface area contributed by atoms with Crippen molar-refractivity contribution in [3.05, 3.63) is 65.7 Å². The van der Waals surface area contributed by atoms with E-state index in [9.17, 15) is 0 Å². The first-order valence-electron chi connectivity index (χ1n) is 6.72. The Labute approximate surface area is 124 Å². The SMILES string of the molecule is ClCC(CC1Cc2ccccc2S1)c1ccccc1. The molecule has 2 aromatic rings. The van der Waals surface area contributed by atoms with Gasteiger partial charge in [-0.15, -0.1) is 23.4 Å². The predicted molar refractivity (Wildman–Crippen MR) is 84.3 cm³/mol. The van der Waals surface area contributed by atoms with Crippen molar-refractivity contribution < 1.29 is 0 Å². The lowest BCUT2D eigenvalue weighted by molar-refractivity contribution is 0.657. The minimum Gasteiger partial charge on any atom is -0.126 e. The van der Waals surface area contributed by atoms with Crippen LogP contribution in [0.3, 0.4) is 0 Å². The van der Waals surface area contributed by atoms with Gasteiger partial charge in [0.2, 0.25) is 0 Å². The molecule has 2 unspecified atom stereocenters. The van der Waals surface area contributed by atoms with E-state index in [2.05, 4.69) is 54.6 Å². The van der Waals surface area contributed by atoms with Gasteiger partial charge in [-0.3, -0.25) is 0 Å². The van der Waals surface area contributed by atoms with Crippen molar-refractivity contribution in [3.63, 3.8) is 0 Å². The molecule has 2 heteroatoms. The van der Waals surface area contributed by atoms with E-state index in [1.54, 1.807) is 0 Å². The van der Waals surface area contributed by atoms with Gasteiger partial charge in [0.15, 0.2) is 0 Å². The van der Waals surface area contributed by atoms with Crippen LogP contribution in [0.1, 0.15) is 23.5 Å². The third-order valence-electron chi connectivity index (χ3n) is 3.72. The van der Waals surface area contributed by atoms with E-state index in [1.807, 2.05) is 11.8 Å². The Kier molecular flexibility index (Phi) is 4.15. The quantitative estimate of drug-likeness (QED) is 0.704. The van der Waals surface area contributed by atoms with Crippen LogP contribution in [0.4, 0.5) is 0 Å². The van der Waals surface area contributed by atoms with Gasteiger partial charge in [-0.05, 0) is 36.0 Å². The fourth-order valence-corrected chi connectivity index (χ4v) is 4.43. The standard InChI is InChI=1S/C17H17ClS/c18-12-15(13-6-2-1-3-7-13)11-16-10-14-8-4-5-9-17(14)19-16/h1-9,15-16H,10-12H2. The molecule has 1 aliphatic rings. The Bertz CT molecular complexity index is 513. The highest BCUT2D eigenvalue weighted by atomic mass is 35.5. The highest BCUT2D eigenvalue weighted by molar-refractivity contribution is 8.00. The van der Waals surface area contributed by atoms with E-state index in [1.165, 1.54) is 22.4 Å². The van der Waals surface area contributed by atoms with Gasteiger partial charge in [0.25, 0.3) is 0 Å². The zero-order valence-corrected chi connectivity index (χ0v) is 12.3. The van der Waals surface area contributed by atoms with Crippen LogP contribution in [0.2, 0.25) is 0 Å². The minimum atomic E-state index is 0.467. The Morgan fingerprint density at radius 2 is 1.79 bits per heavy atom. The monoisotopic (exact) mass is 288 g/mol. The lowest BCUT2D eigenvalue weighted by atomic mass is 9.94. The molecule has 98 valence electrons. The molecule has 0 radical (unpaired) electrons. The number of hydrogen-bond donors (Lipinski definition) is 0. The highest BCUT2D eigenvalue weighted by Gasteiger charge is 2.25. The second-order valence-electron chi connectivity index (χ2n) is 5.05. The molecule has 19 heavy (non-hydrogen) atoms. The summed E-state index contributed by atoms with van der Waals surface area (Å²) in [5.41, 5.74) is 2.87. The van der Waals surface area contributed by atoms with Crippen LogP contribution in [0, 0.1) is 0 Å². The van der Waals surface area contributed by atoms with Gasteiger partial charge in [-0.25, -0.2) is 0 Å². The van der Waals surface area contributed by atoms with Crippen molar-refractivity contribution in [2.24, 2.45) is 0 Å². The summed E-state index contributed by atoms with van der Waals surface area (Å²) in [6.07, 6.45) is 2.34. The molecule has 1 heterocycles. The van der Waals surface area contributed by atoms with Gasteiger partial charge in [0, 0.05) is 16.0 Å². The van der Waals surface area contributed by atoms with Gasteiger partial charge in [0.1, 0.15) is 0 Å². The van der Waals surface area contributed by atoms with Crippen LogP contribution in [0.5, 0.6) is 0 Å². The maximum atomic E-state index is 6.18. The average molecular weight is 289 g/mol. The predicted octanol–water partition coefficient (Wildman–Crippen LogP) is 5.12. The summed E-state index contributed by atoms with van der Waals surface area (Å²) < 4.78 is 0. The molecule has 0 nitrogen and oxygen atoms in total. The normalized spacial score (nSPS) is 19.1. The van der Waals surface area contributed by atoms with Crippen LogP contribution in [-0.4, -0.2) is 11.1 Å². The highest BCUT2D eigenvalue weighted by Crippen LogP contribution is 2.41. The summed E-state index contributed by atoms with van der Waals surface area (Å²) in [6.45, 7) is 0. The molecule has 0 spiro atoms. The summed E-state index contributed by atoms with van der Waals surface area (Å²) in [7, 11) is 0. The molecule has 2 atom stereocenters. The molecule has 1 aliphatic heterocycles.